The zero-order chi connectivity index (χ0) is 48.5. The maximum Gasteiger partial charge on any atom is 0.409 e. The second kappa shape index (κ2) is 23.2. The molecule has 66 heavy (non-hydrogen) atoms. The third-order valence-corrected chi connectivity index (χ3v) is 14.8. The average molecular weight is 965 g/mol. The number of fused-ring (bicyclic) bond motifs is 5. The maximum atomic E-state index is 14.4. The fourth-order valence-corrected chi connectivity index (χ4v) is 10.2. The molecule has 3 fully saturated rings. The van der Waals surface area contributed by atoms with Crippen LogP contribution in [0.25, 0.3) is 0 Å². The zero-order valence-electron chi connectivity index (χ0n) is 39.2. The summed E-state index contributed by atoms with van der Waals surface area (Å²) in [7, 11) is 6.00. The van der Waals surface area contributed by atoms with Gasteiger partial charge in [-0.2, -0.15) is 0 Å². The van der Waals surface area contributed by atoms with Gasteiger partial charge >= 0.3 is 12.1 Å². The number of thioether (sulfide) groups is 1. The minimum atomic E-state index is -1.82. The fraction of sp³-hybridized carbons (Fsp3) is 0.652. The molecule has 0 spiro atoms. The highest BCUT2D eigenvalue weighted by atomic mass is 35.5. The van der Waals surface area contributed by atoms with E-state index in [2.05, 4.69) is 5.32 Å². The van der Waals surface area contributed by atoms with Gasteiger partial charge in [-0.05, 0) is 56.2 Å². The molecule has 5 rings (SSSR count). The number of rotatable bonds is 17. The molecular weight excluding hydrogens is 898 g/mol. The summed E-state index contributed by atoms with van der Waals surface area (Å²) in [6, 6.07) is 2.52. The number of nitrogens with two attached hydrogens (primary N) is 1. The molecule has 1 aliphatic carbocycles. The molecule has 20 heteroatoms. The lowest BCUT2D eigenvalue weighted by molar-refractivity contribution is -0.163. The van der Waals surface area contributed by atoms with E-state index < -0.39 is 58.7 Å². The van der Waals surface area contributed by atoms with Crippen LogP contribution in [0.15, 0.2) is 35.9 Å². The predicted octanol–water partition coefficient (Wildman–Crippen LogP) is 3.63. The summed E-state index contributed by atoms with van der Waals surface area (Å²) in [6.45, 7) is 9.02. The van der Waals surface area contributed by atoms with Gasteiger partial charge in [-0.15, -0.1) is 11.8 Å². The molecule has 2 saturated heterocycles. The molecule has 0 aromatic heterocycles. The number of aliphatic hydroxyl groups is 1. The van der Waals surface area contributed by atoms with Crippen molar-refractivity contribution in [1.29, 1.82) is 0 Å². The van der Waals surface area contributed by atoms with Crippen LogP contribution in [0.4, 0.5) is 10.5 Å². The van der Waals surface area contributed by atoms with E-state index in [1.54, 1.807) is 31.3 Å². The summed E-state index contributed by atoms with van der Waals surface area (Å²) in [5, 5.41) is 14.0. The Morgan fingerprint density at radius 3 is 2.48 bits per heavy atom. The quantitative estimate of drug-likeness (QED) is 0.115. The Morgan fingerprint density at radius 1 is 1.09 bits per heavy atom. The first-order valence-electron chi connectivity index (χ1n) is 22.3. The molecule has 3 aliphatic heterocycles. The number of carbonyl (C=O) groups is 6. The lowest BCUT2D eigenvalue weighted by Crippen LogP contribution is -2.63. The number of anilines is 1. The van der Waals surface area contributed by atoms with Crippen LogP contribution >= 0.6 is 23.4 Å². The second-order valence-corrected chi connectivity index (χ2v) is 19.4. The number of methoxy groups -OCH3 is 2. The van der Waals surface area contributed by atoms with Gasteiger partial charge in [0.15, 0.2) is 5.72 Å². The largest absolute Gasteiger partial charge is 0.495 e. The summed E-state index contributed by atoms with van der Waals surface area (Å²) in [4.78, 5) is 84.4. The highest BCUT2D eigenvalue weighted by Gasteiger charge is 2.62. The van der Waals surface area contributed by atoms with Crippen LogP contribution in [0.1, 0.15) is 65.4 Å². The molecule has 366 valence electrons. The molecule has 1 unspecified atom stereocenters. The van der Waals surface area contributed by atoms with Crippen LogP contribution in [0.5, 0.6) is 5.75 Å². The van der Waals surface area contributed by atoms with Gasteiger partial charge < -0.3 is 49.1 Å². The van der Waals surface area contributed by atoms with Crippen molar-refractivity contribution in [3.8, 4) is 5.75 Å². The van der Waals surface area contributed by atoms with Crippen LogP contribution in [-0.2, 0) is 54.1 Å². The van der Waals surface area contributed by atoms with Gasteiger partial charge in [0.25, 0.3) is 0 Å². The normalized spacial score (nSPS) is 29.8. The van der Waals surface area contributed by atoms with Crippen molar-refractivity contribution in [3.63, 3.8) is 0 Å². The lowest BCUT2D eigenvalue weighted by atomic mass is 9.83. The van der Waals surface area contributed by atoms with E-state index in [1.807, 2.05) is 26.8 Å². The molecule has 4 aliphatic rings. The van der Waals surface area contributed by atoms with E-state index in [0.29, 0.717) is 50.6 Å². The minimum Gasteiger partial charge on any atom is -0.495 e. The van der Waals surface area contributed by atoms with E-state index in [9.17, 15) is 33.9 Å². The summed E-state index contributed by atoms with van der Waals surface area (Å²) >= 11 is 8.03. The fourth-order valence-electron chi connectivity index (χ4n) is 8.82. The van der Waals surface area contributed by atoms with Crippen molar-refractivity contribution in [3.05, 3.63) is 46.5 Å². The van der Waals surface area contributed by atoms with Crippen LogP contribution in [0, 0.1) is 17.3 Å². The number of nitrogens with one attached hydrogen (secondary N) is 1. The lowest BCUT2D eigenvalue weighted by Gasteiger charge is -2.42. The maximum absolute atomic E-state index is 14.4. The number of esters is 1. The number of benzene rings is 1. The number of allylic oxidation sites excluding steroid dienone is 3. The molecule has 3 heterocycles. The Bertz CT molecular complexity index is 2020. The van der Waals surface area contributed by atoms with Crippen molar-refractivity contribution in [2.75, 3.05) is 78.5 Å². The third kappa shape index (κ3) is 12.6. The van der Waals surface area contributed by atoms with E-state index >= 15 is 0 Å². The molecular formula is C46H66ClN5O13S. The summed E-state index contributed by atoms with van der Waals surface area (Å²) in [6.07, 6.45) is 2.42. The van der Waals surface area contributed by atoms with Gasteiger partial charge in [-0.3, -0.25) is 29.4 Å². The number of likely N-dealkylation sites (N-methyl/N-ethyl adjacent to an activating group) is 1. The number of imide groups is 1. The molecule has 9 atom stereocenters. The molecule has 1 aromatic carbocycles. The van der Waals surface area contributed by atoms with Crippen molar-refractivity contribution in [2.45, 2.75) is 102 Å². The Balaban J connectivity index is 1.31. The average Bonchev–Trinajstić information content (AvgIpc) is 3.90. The summed E-state index contributed by atoms with van der Waals surface area (Å²) in [5.74, 6) is -2.18. The van der Waals surface area contributed by atoms with Gasteiger partial charge in [0.05, 0.1) is 57.4 Å². The number of halogens is 1. The first kappa shape index (κ1) is 52.7. The van der Waals surface area contributed by atoms with Gasteiger partial charge in [0, 0.05) is 58.2 Å². The van der Waals surface area contributed by atoms with Crippen LogP contribution < -0.4 is 20.7 Å². The number of likely N-dealkylation sites (tertiary alicyclic amines) is 1. The Kier molecular flexibility index (Phi) is 18.5. The Morgan fingerprint density at radius 2 is 1.80 bits per heavy atom. The SMILES string of the molecule is COc1cc2cc(c1Cl)N(C)C(=O)C[C@H](OC(=O)[C@H](C)N(C)C(=O)CCSC1CC(=O)N(CCOCCOCCN)C1=O)[C@]1(C)C[C@H]1[C@H](C)[C@@H]1C[C@@](O)(NC(=O)O1)[C@H](OC)/C=C/C=C(\C)C2. The number of ether oxygens (including phenoxy) is 6. The Hall–Kier alpha value is -4.24. The standard InChI is InChI=1S/C46H66ClN5O13S/c1-27-10-9-11-36(61-8)46(59)26-34(64-44(58)49-46)28(2)31-25-45(31,4)37(24-39(54)51(6)32-21-30(20-27)22-33(60-7)41(32)47)65-43(57)29(3)50(5)38(53)12-19-66-35-23-40(55)52(42(35)56)14-16-63-18-17-62-15-13-48/h9-11,21-22,28-29,31,34-37,59H,12-20,23-26,48H2,1-8H3,(H,49,58)/b11-9+,27-10+/t28-,29-,31-,34-,35?,36+,37-,45+,46-/m0/s1. The van der Waals surface area contributed by atoms with Gasteiger partial charge in [0.1, 0.15) is 35.1 Å². The summed E-state index contributed by atoms with van der Waals surface area (Å²) < 4.78 is 34.0. The van der Waals surface area contributed by atoms with E-state index in [1.165, 1.54) is 54.7 Å². The van der Waals surface area contributed by atoms with Crippen molar-refractivity contribution < 1.29 is 62.3 Å². The van der Waals surface area contributed by atoms with Crippen molar-refractivity contribution in [2.24, 2.45) is 23.0 Å². The molecule has 1 saturated carbocycles. The Labute approximate surface area is 396 Å². The van der Waals surface area contributed by atoms with Crippen LogP contribution in [0.2, 0.25) is 5.02 Å². The molecule has 0 radical (unpaired) electrons. The first-order valence-corrected chi connectivity index (χ1v) is 23.7. The number of hydrogen-bond donors (Lipinski definition) is 3. The highest BCUT2D eigenvalue weighted by Crippen LogP contribution is 2.61. The van der Waals surface area contributed by atoms with Crippen LogP contribution in [-0.4, -0.2) is 160 Å². The zero-order valence-corrected chi connectivity index (χ0v) is 40.7. The number of carbonyl (C=O) groups excluding carboxylic acids is 6. The number of nitrogens with zero attached hydrogens (tertiary/aromatic N) is 3. The number of alkyl carbamates (subject to hydrolysis) is 1. The summed E-state index contributed by atoms with van der Waals surface area (Å²) in [5.41, 5.74) is 4.89. The van der Waals surface area contributed by atoms with E-state index in [4.69, 9.17) is 45.8 Å². The first-order chi connectivity index (χ1) is 31.3. The smallest absolute Gasteiger partial charge is 0.409 e. The monoisotopic (exact) mass is 963 g/mol. The van der Waals surface area contributed by atoms with E-state index in [0.717, 1.165) is 11.1 Å². The number of amides is 5. The topological polar surface area (TPSA) is 226 Å². The number of hydrogen-bond acceptors (Lipinski definition) is 15. The minimum absolute atomic E-state index is 0.0116. The molecule has 4 N–H and O–H groups in total. The molecule has 4 bridgehead atoms. The van der Waals surface area contributed by atoms with Gasteiger partial charge in [0.2, 0.25) is 23.6 Å². The van der Waals surface area contributed by atoms with E-state index in [-0.39, 0.29) is 79.2 Å². The third-order valence-electron chi connectivity index (χ3n) is 13.2. The van der Waals surface area contributed by atoms with Crippen molar-refractivity contribution in [1.82, 2.24) is 15.1 Å². The van der Waals surface area contributed by atoms with Crippen molar-refractivity contribution >= 4 is 64.7 Å². The second-order valence-electron chi connectivity index (χ2n) is 17.7. The predicted molar refractivity (Wildman–Crippen MR) is 247 cm³/mol. The van der Waals surface area contributed by atoms with Crippen LogP contribution in [0.3, 0.4) is 0 Å². The molecule has 18 nitrogen and oxygen atoms in total. The molecule has 5 amide bonds. The highest BCUT2D eigenvalue weighted by molar-refractivity contribution is 8.00. The van der Waals surface area contributed by atoms with Gasteiger partial charge in [-0.1, -0.05) is 49.2 Å². The van der Waals surface area contributed by atoms with Gasteiger partial charge in [-0.25, -0.2) is 9.59 Å². The molecule has 1 aromatic rings.